The molecule has 7 nitrogen and oxygen atoms in total. The molecule has 0 radical (unpaired) electrons. The lowest BCUT2D eigenvalue weighted by atomic mass is 10.1. The third-order valence-electron chi connectivity index (χ3n) is 6.34. The summed E-state index contributed by atoms with van der Waals surface area (Å²) in [6.07, 6.45) is 0.658. The zero-order valence-electron chi connectivity index (χ0n) is 19.6. The molecule has 3 aromatic carbocycles. The van der Waals surface area contributed by atoms with E-state index in [2.05, 4.69) is 10.5 Å². The SMILES string of the molecule is CC(=NNC(=S)N1CCc2cc(C(=O)O)ccc21)c1c(O)n(-c2ccc(C)cc2)c2ccc(F)cc12. The fourth-order valence-electron chi connectivity index (χ4n) is 4.56. The molecule has 0 saturated heterocycles. The maximum absolute atomic E-state index is 14.2. The first-order valence-electron chi connectivity index (χ1n) is 11.3. The summed E-state index contributed by atoms with van der Waals surface area (Å²) in [6, 6.07) is 17.0. The van der Waals surface area contributed by atoms with Crippen molar-refractivity contribution in [1.29, 1.82) is 0 Å². The van der Waals surface area contributed by atoms with Gasteiger partial charge in [-0.3, -0.25) is 9.99 Å². The zero-order chi connectivity index (χ0) is 25.6. The molecule has 0 aliphatic carbocycles. The normalized spacial score (nSPS) is 13.2. The molecule has 1 aliphatic heterocycles. The minimum atomic E-state index is -0.974. The Morgan fingerprint density at radius 3 is 2.58 bits per heavy atom. The highest BCUT2D eigenvalue weighted by Crippen LogP contribution is 2.35. The number of thiocarbonyl (C=S) groups is 1. The molecular formula is C27H23FN4O3S. The second-order valence-corrected chi connectivity index (χ2v) is 9.08. The van der Waals surface area contributed by atoms with Gasteiger partial charge in [0.05, 0.1) is 22.4 Å². The highest BCUT2D eigenvalue weighted by Gasteiger charge is 2.24. The van der Waals surface area contributed by atoms with E-state index in [4.69, 9.17) is 12.2 Å². The van der Waals surface area contributed by atoms with Crippen LogP contribution in [0.4, 0.5) is 10.1 Å². The number of hydrazone groups is 1. The summed E-state index contributed by atoms with van der Waals surface area (Å²) >= 11 is 5.55. The molecule has 0 bridgehead atoms. The van der Waals surface area contributed by atoms with Gasteiger partial charge in [-0.25, -0.2) is 9.18 Å². The molecule has 4 aromatic rings. The maximum atomic E-state index is 14.2. The van der Waals surface area contributed by atoms with E-state index in [1.165, 1.54) is 12.1 Å². The van der Waals surface area contributed by atoms with Gasteiger partial charge in [0.25, 0.3) is 0 Å². The molecule has 1 aliphatic rings. The fraction of sp³-hybridized carbons (Fsp3) is 0.148. The smallest absolute Gasteiger partial charge is 0.335 e. The zero-order valence-corrected chi connectivity index (χ0v) is 20.4. The minimum absolute atomic E-state index is 0.0545. The Labute approximate surface area is 212 Å². The molecule has 0 spiro atoms. The number of nitrogens with zero attached hydrogens (tertiary/aromatic N) is 3. The second-order valence-electron chi connectivity index (χ2n) is 8.70. The third-order valence-corrected chi connectivity index (χ3v) is 6.66. The van der Waals surface area contributed by atoms with E-state index in [0.29, 0.717) is 40.3 Å². The highest BCUT2D eigenvalue weighted by atomic mass is 32.1. The van der Waals surface area contributed by atoms with Crippen LogP contribution in [-0.2, 0) is 6.42 Å². The van der Waals surface area contributed by atoms with Crippen LogP contribution in [0.25, 0.3) is 16.6 Å². The summed E-state index contributed by atoms with van der Waals surface area (Å²) in [5.41, 5.74) is 8.13. The minimum Gasteiger partial charge on any atom is -0.494 e. The first-order chi connectivity index (χ1) is 17.2. The van der Waals surface area contributed by atoms with Crippen molar-refractivity contribution in [2.24, 2.45) is 5.10 Å². The topological polar surface area (TPSA) is 90.1 Å². The van der Waals surface area contributed by atoms with E-state index in [-0.39, 0.29) is 11.4 Å². The number of carbonyl (C=O) groups is 1. The Kier molecular flexibility index (Phi) is 5.93. The monoisotopic (exact) mass is 502 g/mol. The summed E-state index contributed by atoms with van der Waals surface area (Å²) in [5, 5.41) is 25.7. The van der Waals surface area contributed by atoms with Crippen LogP contribution < -0.4 is 10.3 Å². The summed E-state index contributed by atoms with van der Waals surface area (Å²) in [4.78, 5) is 13.1. The second kappa shape index (κ2) is 9.09. The van der Waals surface area contributed by atoms with Crippen molar-refractivity contribution in [2.75, 3.05) is 11.4 Å². The van der Waals surface area contributed by atoms with Crippen LogP contribution in [0, 0.1) is 12.7 Å². The third kappa shape index (κ3) is 4.07. The molecule has 0 unspecified atom stereocenters. The number of halogens is 1. The van der Waals surface area contributed by atoms with Crippen LogP contribution in [0.1, 0.15) is 34.0 Å². The summed E-state index contributed by atoms with van der Waals surface area (Å²) in [7, 11) is 0. The quantitative estimate of drug-likeness (QED) is 0.203. The molecular weight excluding hydrogens is 479 g/mol. The highest BCUT2D eigenvalue weighted by molar-refractivity contribution is 7.80. The van der Waals surface area contributed by atoms with Crippen molar-refractivity contribution < 1.29 is 19.4 Å². The van der Waals surface area contributed by atoms with Crippen molar-refractivity contribution >= 4 is 45.6 Å². The number of aromatic nitrogens is 1. The van der Waals surface area contributed by atoms with Gasteiger partial charge in [-0.15, -0.1) is 0 Å². The van der Waals surface area contributed by atoms with Gasteiger partial charge in [0.1, 0.15) is 5.82 Å². The summed E-state index contributed by atoms with van der Waals surface area (Å²) in [5.74, 6) is -1.45. The Bertz CT molecular complexity index is 1560. The number of aryl methyl sites for hydroxylation is 1. The van der Waals surface area contributed by atoms with Crippen molar-refractivity contribution in [3.63, 3.8) is 0 Å². The lowest BCUT2D eigenvalue weighted by molar-refractivity contribution is 0.0697. The molecule has 182 valence electrons. The number of hydrogen-bond acceptors (Lipinski definition) is 4. The van der Waals surface area contributed by atoms with E-state index in [0.717, 1.165) is 22.5 Å². The summed E-state index contributed by atoms with van der Waals surface area (Å²) < 4.78 is 15.9. The fourth-order valence-corrected chi connectivity index (χ4v) is 4.79. The van der Waals surface area contributed by atoms with E-state index in [1.807, 2.05) is 36.1 Å². The molecule has 0 fully saturated rings. The van der Waals surface area contributed by atoms with Crippen LogP contribution >= 0.6 is 12.2 Å². The number of nitrogens with one attached hydrogen (secondary N) is 1. The number of benzene rings is 3. The standard InChI is InChI=1S/C27H23FN4O3S/c1-15-3-7-20(8-4-15)32-23-10-6-19(28)14-21(23)24(25(32)33)16(2)29-30-27(36)31-12-11-17-13-18(26(34)35)5-9-22(17)31/h3-10,13-14,33H,11-12H2,1-2H3,(H,30,36)(H,34,35). The number of anilines is 1. The summed E-state index contributed by atoms with van der Waals surface area (Å²) in [6.45, 7) is 4.28. The Morgan fingerprint density at radius 2 is 1.86 bits per heavy atom. The predicted octanol–water partition coefficient (Wildman–Crippen LogP) is 5.14. The van der Waals surface area contributed by atoms with Gasteiger partial charge in [0, 0.05) is 23.3 Å². The molecule has 2 heterocycles. The van der Waals surface area contributed by atoms with E-state index in [9.17, 15) is 19.4 Å². The van der Waals surface area contributed by atoms with Crippen molar-refractivity contribution in [2.45, 2.75) is 20.3 Å². The van der Waals surface area contributed by atoms with Gasteiger partial charge in [-0.1, -0.05) is 17.7 Å². The Balaban J connectivity index is 1.48. The molecule has 36 heavy (non-hydrogen) atoms. The lowest BCUT2D eigenvalue weighted by Crippen LogP contribution is -2.36. The van der Waals surface area contributed by atoms with Crippen LogP contribution in [0.3, 0.4) is 0 Å². The van der Waals surface area contributed by atoms with Crippen molar-refractivity contribution in [3.05, 3.63) is 88.7 Å². The lowest BCUT2D eigenvalue weighted by Gasteiger charge is -2.19. The van der Waals surface area contributed by atoms with E-state index < -0.39 is 11.8 Å². The number of carboxylic acids is 1. The molecule has 1 aromatic heterocycles. The number of rotatable bonds is 4. The Morgan fingerprint density at radius 1 is 1.11 bits per heavy atom. The van der Waals surface area contributed by atoms with Crippen LogP contribution in [0.2, 0.25) is 0 Å². The number of aromatic carboxylic acids is 1. The van der Waals surface area contributed by atoms with Gasteiger partial charge < -0.3 is 15.1 Å². The first kappa shape index (κ1) is 23.5. The van der Waals surface area contributed by atoms with E-state index in [1.54, 1.807) is 35.8 Å². The Hall–Kier alpha value is -4.24. The van der Waals surface area contributed by atoms with Gasteiger partial charge in [0.15, 0.2) is 5.11 Å². The van der Waals surface area contributed by atoms with Crippen LogP contribution in [0.5, 0.6) is 5.88 Å². The van der Waals surface area contributed by atoms with Gasteiger partial charge in [-0.2, -0.15) is 5.10 Å². The average molecular weight is 503 g/mol. The number of fused-ring (bicyclic) bond motifs is 2. The molecule has 9 heteroatoms. The largest absolute Gasteiger partial charge is 0.494 e. The molecule has 0 saturated carbocycles. The predicted molar refractivity (Wildman–Crippen MR) is 142 cm³/mol. The maximum Gasteiger partial charge on any atom is 0.335 e. The molecule has 3 N–H and O–H groups in total. The van der Waals surface area contributed by atoms with Gasteiger partial charge in [-0.05, 0) is 86.6 Å². The van der Waals surface area contributed by atoms with Crippen molar-refractivity contribution in [1.82, 2.24) is 9.99 Å². The van der Waals surface area contributed by atoms with Crippen LogP contribution in [-0.4, -0.2) is 38.1 Å². The molecule has 0 amide bonds. The van der Waals surface area contributed by atoms with Crippen LogP contribution in [0.15, 0.2) is 65.8 Å². The van der Waals surface area contributed by atoms with Gasteiger partial charge in [0.2, 0.25) is 5.88 Å². The number of aromatic hydroxyl groups is 1. The van der Waals surface area contributed by atoms with Gasteiger partial charge >= 0.3 is 5.97 Å². The first-order valence-corrected chi connectivity index (χ1v) is 11.7. The average Bonchev–Trinajstić information content (AvgIpc) is 3.40. The van der Waals surface area contributed by atoms with E-state index >= 15 is 0 Å². The molecule has 0 atom stereocenters. The number of carboxylic acid groups (broad SMARTS) is 1. The molecule has 5 rings (SSSR count). The van der Waals surface area contributed by atoms with Crippen molar-refractivity contribution in [3.8, 4) is 11.6 Å². The number of hydrogen-bond donors (Lipinski definition) is 3.